The van der Waals surface area contributed by atoms with Gasteiger partial charge in [-0.15, -0.1) is 0 Å². The van der Waals surface area contributed by atoms with Crippen LogP contribution in [0.3, 0.4) is 0 Å². The summed E-state index contributed by atoms with van der Waals surface area (Å²) in [5.41, 5.74) is 0.488. The van der Waals surface area contributed by atoms with E-state index in [4.69, 9.17) is 26.2 Å². The maximum atomic E-state index is 11.6. The predicted molar refractivity (Wildman–Crippen MR) is 91.2 cm³/mol. The van der Waals surface area contributed by atoms with Crippen LogP contribution in [0.2, 0.25) is 5.02 Å². The Bertz CT molecular complexity index is 514. The zero-order valence-electron chi connectivity index (χ0n) is 14.2. The van der Waals surface area contributed by atoms with Gasteiger partial charge in [-0.2, -0.15) is 0 Å². The van der Waals surface area contributed by atoms with E-state index in [0.717, 1.165) is 18.4 Å². The lowest BCUT2D eigenvalue weighted by atomic mass is 10.1. The molecule has 0 fully saturated rings. The summed E-state index contributed by atoms with van der Waals surface area (Å²) >= 11 is 5.99. The number of nitrogens with one attached hydrogen (secondary N) is 1. The first-order valence-corrected chi connectivity index (χ1v) is 8.12. The van der Waals surface area contributed by atoms with Gasteiger partial charge < -0.3 is 19.9 Å². The number of alkyl carbamates (subject to hydrolysis) is 1. The Labute approximate surface area is 142 Å². The first kappa shape index (κ1) is 19.6. The van der Waals surface area contributed by atoms with Crippen LogP contribution in [0.1, 0.15) is 39.7 Å². The Hall–Kier alpha value is -1.46. The number of ether oxygens (including phenoxy) is 2. The Kier molecular flexibility index (Phi) is 7.65. The van der Waals surface area contributed by atoms with Gasteiger partial charge in [0, 0.05) is 11.6 Å². The molecule has 6 heteroatoms. The molecule has 5 nitrogen and oxygen atoms in total. The summed E-state index contributed by atoms with van der Waals surface area (Å²) in [4.78, 5) is 11.6. The minimum atomic E-state index is -0.498. The Morgan fingerprint density at radius 3 is 2.70 bits per heavy atom. The monoisotopic (exact) mass is 343 g/mol. The van der Waals surface area contributed by atoms with Crippen molar-refractivity contribution in [2.75, 3.05) is 13.2 Å². The van der Waals surface area contributed by atoms with Crippen LogP contribution >= 0.6 is 11.6 Å². The van der Waals surface area contributed by atoms with Crippen LogP contribution in [-0.4, -0.2) is 36.1 Å². The van der Waals surface area contributed by atoms with Gasteiger partial charge in [-0.1, -0.05) is 17.7 Å². The molecule has 23 heavy (non-hydrogen) atoms. The van der Waals surface area contributed by atoms with Crippen molar-refractivity contribution in [3.8, 4) is 5.75 Å². The molecule has 1 rings (SSSR count). The molecule has 130 valence electrons. The molecule has 0 bridgehead atoms. The van der Waals surface area contributed by atoms with Gasteiger partial charge in [0.25, 0.3) is 0 Å². The molecule has 1 aromatic carbocycles. The van der Waals surface area contributed by atoms with Gasteiger partial charge in [0.2, 0.25) is 0 Å². The highest BCUT2D eigenvalue weighted by molar-refractivity contribution is 6.30. The Morgan fingerprint density at radius 1 is 1.39 bits per heavy atom. The minimum absolute atomic E-state index is 0.0633. The number of hydrogen-bond acceptors (Lipinski definition) is 4. The number of aliphatic hydroxyl groups is 1. The van der Waals surface area contributed by atoms with Gasteiger partial charge in [-0.25, -0.2) is 4.79 Å². The molecule has 0 aliphatic heterocycles. The van der Waals surface area contributed by atoms with Crippen LogP contribution in [0.5, 0.6) is 5.75 Å². The predicted octanol–water partition coefficient (Wildman–Crippen LogP) is 3.56. The number of rotatable bonds is 7. The van der Waals surface area contributed by atoms with Crippen molar-refractivity contribution in [1.29, 1.82) is 0 Å². The van der Waals surface area contributed by atoms with Gasteiger partial charge >= 0.3 is 6.09 Å². The molecular weight excluding hydrogens is 318 g/mol. The van der Waals surface area contributed by atoms with Crippen molar-refractivity contribution in [3.63, 3.8) is 0 Å². The average molecular weight is 344 g/mol. The molecule has 0 saturated carbocycles. The molecule has 0 unspecified atom stereocenters. The zero-order chi connectivity index (χ0) is 17.5. The largest absolute Gasteiger partial charge is 0.488 e. The molecule has 0 saturated heterocycles. The third-order valence-electron chi connectivity index (χ3n) is 2.91. The van der Waals surface area contributed by atoms with Crippen molar-refractivity contribution in [2.24, 2.45) is 0 Å². The fourth-order valence-corrected chi connectivity index (χ4v) is 2.04. The third-order valence-corrected chi connectivity index (χ3v) is 3.14. The summed E-state index contributed by atoms with van der Waals surface area (Å²) in [6.07, 6.45) is 0.747. The van der Waals surface area contributed by atoms with Crippen molar-refractivity contribution >= 4 is 17.7 Å². The first-order chi connectivity index (χ1) is 10.7. The fraction of sp³-hybridized carbons (Fsp3) is 0.588. The van der Waals surface area contributed by atoms with E-state index in [1.165, 1.54) is 0 Å². The molecule has 1 aromatic rings. The van der Waals surface area contributed by atoms with Gasteiger partial charge in [-0.3, -0.25) is 0 Å². The maximum absolute atomic E-state index is 11.6. The van der Waals surface area contributed by atoms with Crippen LogP contribution in [0.25, 0.3) is 0 Å². The minimum Gasteiger partial charge on any atom is -0.488 e. The smallest absolute Gasteiger partial charge is 0.407 e. The van der Waals surface area contributed by atoms with Gasteiger partial charge in [0.1, 0.15) is 17.5 Å². The fourth-order valence-electron chi connectivity index (χ4n) is 1.88. The number of carbonyl (C=O) groups is 1. The molecule has 0 aliphatic carbocycles. The summed E-state index contributed by atoms with van der Waals surface area (Å²) in [7, 11) is 0. The SMILES string of the molecule is C[C@H](CO)Oc1cc(Cl)ccc1CCCNC(=O)OC(C)(C)C. The summed E-state index contributed by atoms with van der Waals surface area (Å²) in [5, 5.41) is 12.4. The molecule has 1 amide bonds. The van der Waals surface area contributed by atoms with E-state index >= 15 is 0 Å². The molecule has 0 aliphatic rings. The number of halogens is 1. The normalized spacial score (nSPS) is 12.6. The van der Waals surface area contributed by atoms with Crippen LogP contribution < -0.4 is 10.1 Å². The maximum Gasteiger partial charge on any atom is 0.407 e. The molecule has 0 spiro atoms. The Balaban J connectivity index is 2.50. The average Bonchev–Trinajstić information content (AvgIpc) is 2.43. The van der Waals surface area contributed by atoms with E-state index in [2.05, 4.69) is 5.32 Å². The molecule has 0 radical (unpaired) electrons. The summed E-state index contributed by atoms with van der Waals surface area (Å²) in [6, 6.07) is 5.44. The second-order valence-electron chi connectivity index (χ2n) is 6.40. The molecule has 0 heterocycles. The molecular formula is C17H26ClNO4. The summed E-state index contributed by atoms with van der Waals surface area (Å²) < 4.78 is 10.8. The molecule has 1 atom stereocenters. The van der Waals surface area contributed by atoms with E-state index in [-0.39, 0.29) is 12.7 Å². The Morgan fingerprint density at radius 2 is 2.09 bits per heavy atom. The summed E-state index contributed by atoms with van der Waals surface area (Å²) in [6.45, 7) is 7.71. The van der Waals surface area contributed by atoms with Gasteiger partial charge in [0.05, 0.1) is 6.61 Å². The second-order valence-corrected chi connectivity index (χ2v) is 6.83. The zero-order valence-corrected chi connectivity index (χ0v) is 14.9. The van der Waals surface area contributed by atoms with Crippen LogP contribution in [0.4, 0.5) is 4.79 Å². The number of aliphatic hydroxyl groups excluding tert-OH is 1. The quantitative estimate of drug-likeness (QED) is 0.743. The van der Waals surface area contributed by atoms with Gasteiger partial charge in [-0.05, 0) is 58.2 Å². The van der Waals surface area contributed by atoms with Crippen molar-refractivity contribution in [2.45, 2.75) is 52.2 Å². The highest BCUT2D eigenvalue weighted by Gasteiger charge is 2.15. The lowest BCUT2D eigenvalue weighted by Gasteiger charge is -2.19. The van der Waals surface area contributed by atoms with Crippen LogP contribution in [0, 0.1) is 0 Å². The topological polar surface area (TPSA) is 67.8 Å². The number of carbonyl (C=O) groups excluding carboxylic acids is 1. The van der Waals surface area contributed by atoms with Crippen molar-refractivity contribution < 1.29 is 19.4 Å². The van der Waals surface area contributed by atoms with E-state index in [0.29, 0.717) is 17.3 Å². The lowest BCUT2D eigenvalue weighted by molar-refractivity contribution is 0.0527. The highest BCUT2D eigenvalue weighted by Crippen LogP contribution is 2.25. The van der Waals surface area contributed by atoms with Crippen LogP contribution in [0.15, 0.2) is 18.2 Å². The molecule has 2 N–H and O–H groups in total. The van der Waals surface area contributed by atoms with Crippen LogP contribution in [-0.2, 0) is 11.2 Å². The highest BCUT2D eigenvalue weighted by atomic mass is 35.5. The van der Waals surface area contributed by atoms with Gasteiger partial charge in [0.15, 0.2) is 0 Å². The first-order valence-electron chi connectivity index (χ1n) is 7.74. The van der Waals surface area contributed by atoms with E-state index in [1.54, 1.807) is 19.1 Å². The van der Waals surface area contributed by atoms with E-state index in [1.807, 2.05) is 26.8 Å². The number of hydrogen-bond donors (Lipinski definition) is 2. The van der Waals surface area contributed by atoms with Crippen molar-refractivity contribution in [1.82, 2.24) is 5.32 Å². The third kappa shape index (κ3) is 8.09. The summed E-state index contributed by atoms with van der Waals surface area (Å²) in [5.74, 6) is 0.663. The van der Waals surface area contributed by atoms with E-state index < -0.39 is 11.7 Å². The lowest BCUT2D eigenvalue weighted by Crippen LogP contribution is -2.33. The number of benzene rings is 1. The number of amides is 1. The number of aryl methyl sites for hydroxylation is 1. The second kappa shape index (κ2) is 8.99. The van der Waals surface area contributed by atoms with E-state index in [9.17, 15) is 4.79 Å². The molecule has 0 aromatic heterocycles. The standard InChI is InChI=1S/C17H26ClNO4/c1-12(11-20)22-15-10-14(18)8-7-13(15)6-5-9-19-16(21)23-17(2,3)4/h7-8,10,12,20H,5-6,9,11H2,1-4H3,(H,19,21)/t12-/m1/s1. The van der Waals surface area contributed by atoms with Crippen molar-refractivity contribution in [3.05, 3.63) is 28.8 Å².